The Labute approximate surface area is 129 Å². The third-order valence-electron chi connectivity index (χ3n) is 3.22. The highest BCUT2D eigenvalue weighted by molar-refractivity contribution is 5.91. The molecule has 0 saturated heterocycles. The number of ether oxygens (including phenoxy) is 1. The van der Waals surface area contributed by atoms with Crippen molar-refractivity contribution in [1.82, 2.24) is 15.3 Å². The van der Waals surface area contributed by atoms with Crippen molar-refractivity contribution < 1.29 is 18.6 Å². The fourth-order valence-electron chi connectivity index (χ4n) is 1.90. The first-order valence-corrected chi connectivity index (χ1v) is 7.24. The van der Waals surface area contributed by atoms with E-state index in [2.05, 4.69) is 15.3 Å². The molecule has 0 fully saturated rings. The smallest absolute Gasteiger partial charge is 0.344 e. The monoisotopic (exact) mass is 307 g/mol. The Hall–Kier alpha value is -2.18. The Morgan fingerprint density at radius 2 is 1.95 bits per heavy atom. The molecule has 0 bridgehead atoms. The zero-order valence-corrected chi connectivity index (χ0v) is 13.8. The third kappa shape index (κ3) is 3.18. The first kappa shape index (κ1) is 16.2. The van der Waals surface area contributed by atoms with Crippen LogP contribution in [0.5, 0.6) is 0 Å². The van der Waals surface area contributed by atoms with Gasteiger partial charge >= 0.3 is 5.97 Å². The molecule has 120 valence electrons. The Balaban J connectivity index is 2.15. The zero-order chi connectivity index (χ0) is 16.5. The lowest BCUT2D eigenvalue weighted by atomic mass is 9.96. The zero-order valence-electron chi connectivity index (χ0n) is 13.8. The Morgan fingerprint density at radius 1 is 1.27 bits per heavy atom. The lowest BCUT2D eigenvalue weighted by Gasteiger charge is -2.11. The largest absolute Gasteiger partial charge is 0.449 e. The summed E-state index contributed by atoms with van der Waals surface area (Å²) >= 11 is 0. The number of rotatable bonds is 4. The van der Waals surface area contributed by atoms with Crippen molar-refractivity contribution in [3.05, 3.63) is 28.7 Å². The van der Waals surface area contributed by atoms with Crippen LogP contribution in [0.2, 0.25) is 0 Å². The molecule has 0 N–H and O–H groups in total. The first-order chi connectivity index (χ1) is 10.2. The maximum atomic E-state index is 12.3. The molecule has 0 radical (unpaired) electrons. The highest BCUT2D eigenvalue weighted by Crippen LogP contribution is 2.24. The summed E-state index contributed by atoms with van der Waals surface area (Å²) in [5, 5.41) is 7.77. The molecule has 7 heteroatoms. The Bertz CT molecular complexity index is 667. The molecule has 0 aliphatic heterocycles. The molecule has 2 aromatic rings. The third-order valence-corrected chi connectivity index (χ3v) is 3.22. The number of aromatic nitrogens is 3. The number of aryl methyl sites for hydroxylation is 2. The lowest BCUT2D eigenvalue weighted by molar-refractivity contribution is 0.0262. The molecule has 0 aliphatic carbocycles. The molecular weight excluding hydrogens is 286 g/mol. The van der Waals surface area contributed by atoms with Crippen molar-refractivity contribution in [3.8, 4) is 0 Å². The summed E-state index contributed by atoms with van der Waals surface area (Å²) in [5.41, 5.74) is 0.715. The highest BCUT2D eigenvalue weighted by Gasteiger charge is 2.27. The molecule has 1 unspecified atom stereocenters. The summed E-state index contributed by atoms with van der Waals surface area (Å²) in [6.45, 7) is 11.2. The lowest BCUT2D eigenvalue weighted by Crippen LogP contribution is -2.14. The number of esters is 1. The minimum absolute atomic E-state index is 0.230. The van der Waals surface area contributed by atoms with E-state index in [1.807, 2.05) is 27.7 Å². The van der Waals surface area contributed by atoms with E-state index in [1.54, 1.807) is 13.8 Å². The summed E-state index contributed by atoms with van der Waals surface area (Å²) in [6.07, 6.45) is -0.0552. The van der Waals surface area contributed by atoms with E-state index in [0.29, 0.717) is 29.3 Å². The number of hydrogen-bond acceptors (Lipinski definition) is 7. The number of hydrogen-bond donors (Lipinski definition) is 0. The van der Waals surface area contributed by atoms with Gasteiger partial charge in [0, 0.05) is 5.41 Å². The van der Waals surface area contributed by atoms with Crippen molar-refractivity contribution in [1.29, 1.82) is 0 Å². The van der Waals surface area contributed by atoms with E-state index in [0.717, 1.165) is 0 Å². The maximum Gasteiger partial charge on any atom is 0.344 e. The van der Waals surface area contributed by atoms with E-state index in [4.69, 9.17) is 13.8 Å². The summed E-state index contributed by atoms with van der Waals surface area (Å²) in [6, 6.07) is 0. The predicted octanol–water partition coefficient (Wildman–Crippen LogP) is 3.14. The van der Waals surface area contributed by atoms with Crippen molar-refractivity contribution in [2.45, 2.75) is 59.5 Å². The van der Waals surface area contributed by atoms with Crippen LogP contribution in [-0.2, 0) is 16.6 Å². The molecule has 0 aromatic carbocycles. The molecule has 0 spiro atoms. The van der Waals surface area contributed by atoms with Crippen LogP contribution in [0.3, 0.4) is 0 Å². The molecule has 2 aromatic heterocycles. The van der Waals surface area contributed by atoms with Gasteiger partial charge in [-0.25, -0.2) is 4.79 Å². The summed E-state index contributed by atoms with van der Waals surface area (Å²) < 4.78 is 15.6. The van der Waals surface area contributed by atoms with E-state index in [-0.39, 0.29) is 11.3 Å². The van der Waals surface area contributed by atoms with Gasteiger partial charge in [0.2, 0.25) is 0 Å². The molecule has 0 amide bonds. The van der Waals surface area contributed by atoms with Crippen LogP contribution >= 0.6 is 0 Å². The minimum atomic E-state index is -0.643. The fraction of sp³-hybridized carbons (Fsp3) is 0.600. The summed E-state index contributed by atoms with van der Waals surface area (Å²) in [4.78, 5) is 16.6. The van der Waals surface area contributed by atoms with Crippen LogP contribution in [0.4, 0.5) is 0 Å². The standard InChI is InChI=1S/C15H21N3O4/c1-7-10-11(8(2)21-17-10)13(19)20-9(3)12-16-14(18-22-12)15(4,5)6/h9H,7H2,1-6H3. The average molecular weight is 307 g/mol. The van der Waals surface area contributed by atoms with Gasteiger partial charge in [-0.3, -0.25) is 0 Å². The molecule has 0 saturated carbocycles. The molecule has 0 aliphatic rings. The topological polar surface area (TPSA) is 91.2 Å². The second-order valence-electron chi connectivity index (χ2n) is 6.17. The number of carbonyl (C=O) groups excluding carboxylic acids is 1. The number of nitrogens with zero attached hydrogens (tertiary/aromatic N) is 3. The summed E-state index contributed by atoms with van der Waals surface area (Å²) in [7, 11) is 0. The number of carbonyl (C=O) groups is 1. The van der Waals surface area contributed by atoms with Crippen molar-refractivity contribution >= 4 is 5.97 Å². The average Bonchev–Trinajstić information content (AvgIpc) is 3.04. The van der Waals surface area contributed by atoms with Crippen LogP contribution in [0.25, 0.3) is 0 Å². The SMILES string of the molecule is CCc1noc(C)c1C(=O)OC(C)c1nc(C(C)(C)C)no1. The second kappa shape index (κ2) is 5.90. The van der Waals surface area contributed by atoms with E-state index in [1.165, 1.54) is 0 Å². The van der Waals surface area contributed by atoms with Gasteiger partial charge in [-0.2, -0.15) is 4.98 Å². The fourth-order valence-corrected chi connectivity index (χ4v) is 1.90. The van der Waals surface area contributed by atoms with Gasteiger partial charge in [0.25, 0.3) is 5.89 Å². The van der Waals surface area contributed by atoms with Crippen LogP contribution in [0, 0.1) is 6.92 Å². The molecule has 22 heavy (non-hydrogen) atoms. The second-order valence-corrected chi connectivity index (χ2v) is 6.17. The van der Waals surface area contributed by atoms with E-state index in [9.17, 15) is 4.79 Å². The van der Waals surface area contributed by atoms with Gasteiger partial charge in [-0.05, 0) is 20.3 Å². The van der Waals surface area contributed by atoms with Gasteiger partial charge in [0.15, 0.2) is 11.9 Å². The van der Waals surface area contributed by atoms with Gasteiger partial charge in [-0.1, -0.05) is 38.0 Å². The highest BCUT2D eigenvalue weighted by atomic mass is 16.6. The maximum absolute atomic E-state index is 12.3. The van der Waals surface area contributed by atoms with Crippen LogP contribution in [0.15, 0.2) is 9.05 Å². The van der Waals surface area contributed by atoms with Gasteiger partial charge in [-0.15, -0.1) is 0 Å². The molecule has 7 nitrogen and oxygen atoms in total. The molecule has 1 atom stereocenters. The Kier molecular flexibility index (Phi) is 4.35. The first-order valence-electron chi connectivity index (χ1n) is 7.24. The Morgan fingerprint density at radius 3 is 2.50 bits per heavy atom. The van der Waals surface area contributed by atoms with E-state index < -0.39 is 12.1 Å². The predicted molar refractivity (Wildman–Crippen MR) is 77.4 cm³/mol. The van der Waals surface area contributed by atoms with Gasteiger partial charge in [0.1, 0.15) is 11.3 Å². The van der Waals surface area contributed by atoms with Crippen molar-refractivity contribution in [3.63, 3.8) is 0 Å². The van der Waals surface area contributed by atoms with Crippen LogP contribution < -0.4 is 0 Å². The molecule has 2 rings (SSSR count). The van der Waals surface area contributed by atoms with Crippen molar-refractivity contribution in [2.75, 3.05) is 0 Å². The van der Waals surface area contributed by atoms with E-state index >= 15 is 0 Å². The normalized spacial score (nSPS) is 13.2. The van der Waals surface area contributed by atoms with Gasteiger partial charge in [0.05, 0.1) is 5.69 Å². The van der Waals surface area contributed by atoms with Crippen LogP contribution in [-0.4, -0.2) is 21.3 Å². The minimum Gasteiger partial charge on any atom is -0.449 e. The van der Waals surface area contributed by atoms with Gasteiger partial charge < -0.3 is 13.8 Å². The van der Waals surface area contributed by atoms with Crippen LogP contribution in [0.1, 0.15) is 74.2 Å². The quantitative estimate of drug-likeness (QED) is 0.801. The van der Waals surface area contributed by atoms with Crippen molar-refractivity contribution in [2.24, 2.45) is 0 Å². The molecule has 2 heterocycles. The molecular formula is C15H21N3O4. The summed E-state index contributed by atoms with van der Waals surface area (Å²) in [5.74, 6) is 0.778.